The van der Waals surface area contributed by atoms with Gasteiger partial charge in [-0.2, -0.15) is 0 Å². The normalized spacial score (nSPS) is 17.9. The van der Waals surface area contributed by atoms with Crippen LogP contribution in [0.15, 0.2) is 31.1 Å². The summed E-state index contributed by atoms with van der Waals surface area (Å²) in [5, 5.41) is 2.69. The first kappa shape index (κ1) is 16.2. The molecular weight excluding hydrogens is 278 g/mol. The monoisotopic (exact) mass is 301 g/mol. The molecule has 2 amide bonds. The molecule has 0 aliphatic carbocycles. The van der Waals surface area contributed by atoms with Gasteiger partial charge in [0.2, 0.25) is 0 Å². The predicted octanol–water partition coefficient (Wildman–Crippen LogP) is 2.40. The lowest BCUT2D eigenvalue weighted by Gasteiger charge is -2.35. The Hall–Kier alpha value is -2.17. The number of pyridine rings is 1. The average molecular weight is 301 g/mol. The number of piperidine rings is 1. The lowest BCUT2D eigenvalue weighted by Crippen LogP contribution is -2.43. The summed E-state index contributed by atoms with van der Waals surface area (Å²) < 4.78 is 0. The van der Waals surface area contributed by atoms with Gasteiger partial charge in [0.1, 0.15) is 0 Å². The smallest absolute Gasteiger partial charge is 0.255 e. The number of carbonyl (C=O) groups is 2. The van der Waals surface area contributed by atoms with Crippen LogP contribution in [-0.2, 0) is 0 Å². The van der Waals surface area contributed by atoms with Crippen molar-refractivity contribution in [3.8, 4) is 0 Å². The van der Waals surface area contributed by atoms with Crippen LogP contribution in [0, 0.1) is 0 Å². The van der Waals surface area contributed by atoms with Crippen LogP contribution < -0.4 is 5.32 Å². The summed E-state index contributed by atoms with van der Waals surface area (Å²) in [5.74, 6) is -0.273. The average Bonchev–Trinajstić information content (AvgIpc) is 2.59. The zero-order chi connectivity index (χ0) is 15.9. The molecule has 1 unspecified atom stereocenters. The van der Waals surface area contributed by atoms with Crippen molar-refractivity contribution >= 4 is 11.8 Å². The molecule has 1 N–H and O–H groups in total. The van der Waals surface area contributed by atoms with Crippen LogP contribution in [-0.4, -0.2) is 40.8 Å². The van der Waals surface area contributed by atoms with E-state index >= 15 is 0 Å². The van der Waals surface area contributed by atoms with Crippen LogP contribution in [0.3, 0.4) is 0 Å². The van der Waals surface area contributed by atoms with E-state index in [1.807, 2.05) is 4.90 Å². The first-order valence-corrected chi connectivity index (χ1v) is 7.82. The van der Waals surface area contributed by atoms with Crippen molar-refractivity contribution in [2.45, 2.75) is 38.6 Å². The van der Waals surface area contributed by atoms with E-state index in [9.17, 15) is 9.59 Å². The number of hydrogen-bond donors (Lipinski definition) is 1. The highest BCUT2D eigenvalue weighted by Gasteiger charge is 2.26. The van der Waals surface area contributed by atoms with Gasteiger partial charge in [0.05, 0.1) is 11.1 Å². The van der Waals surface area contributed by atoms with Gasteiger partial charge in [-0.1, -0.05) is 13.0 Å². The van der Waals surface area contributed by atoms with Crippen LogP contribution in [0.4, 0.5) is 0 Å². The largest absolute Gasteiger partial charge is 0.349 e. The standard InChI is InChI=1S/C17H23N3O2/c1-3-8-19-16(21)13-10-14(12-18-11-13)17(22)20-9-6-5-7-15(20)4-2/h3,10-12,15H,1,4-9H2,2H3,(H,19,21). The molecule has 0 bridgehead atoms. The number of carbonyl (C=O) groups excluding carboxylic acids is 2. The highest BCUT2D eigenvalue weighted by Crippen LogP contribution is 2.21. The Kier molecular flexibility index (Phi) is 5.69. The molecule has 1 aliphatic rings. The number of amides is 2. The predicted molar refractivity (Wildman–Crippen MR) is 85.7 cm³/mol. The fourth-order valence-electron chi connectivity index (χ4n) is 2.81. The summed E-state index contributed by atoms with van der Waals surface area (Å²) in [7, 11) is 0. The van der Waals surface area contributed by atoms with Gasteiger partial charge in [0.25, 0.3) is 11.8 Å². The molecule has 5 nitrogen and oxygen atoms in total. The first-order valence-electron chi connectivity index (χ1n) is 7.82. The van der Waals surface area contributed by atoms with Crippen molar-refractivity contribution < 1.29 is 9.59 Å². The number of rotatable bonds is 5. The van der Waals surface area contributed by atoms with Crippen molar-refractivity contribution in [2.75, 3.05) is 13.1 Å². The molecule has 1 atom stereocenters. The molecule has 0 spiro atoms. The molecular formula is C17H23N3O2. The highest BCUT2D eigenvalue weighted by molar-refractivity contribution is 5.99. The third kappa shape index (κ3) is 3.72. The number of nitrogens with one attached hydrogen (secondary N) is 1. The molecule has 1 aliphatic heterocycles. The van der Waals surface area contributed by atoms with Crippen molar-refractivity contribution in [2.24, 2.45) is 0 Å². The highest BCUT2D eigenvalue weighted by atomic mass is 16.2. The van der Waals surface area contributed by atoms with E-state index in [1.165, 1.54) is 18.8 Å². The number of likely N-dealkylation sites (tertiary alicyclic amines) is 1. The second-order valence-corrected chi connectivity index (χ2v) is 5.52. The van der Waals surface area contributed by atoms with Gasteiger partial charge in [-0.15, -0.1) is 6.58 Å². The van der Waals surface area contributed by atoms with E-state index in [-0.39, 0.29) is 11.8 Å². The summed E-state index contributed by atoms with van der Waals surface area (Å²) in [5.41, 5.74) is 0.879. The Morgan fingerprint density at radius 1 is 1.41 bits per heavy atom. The molecule has 2 heterocycles. The van der Waals surface area contributed by atoms with Gasteiger partial charge in [0.15, 0.2) is 0 Å². The number of aromatic nitrogens is 1. The quantitative estimate of drug-likeness (QED) is 0.850. The SMILES string of the molecule is C=CCNC(=O)c1cncc(C(=O)N2CCCCC2CC)c1. The van der Waals surface area contributed by atoms with E-state index in [0.29, 0.717) is 23.7 Å². The Balaban J connectivity index is 2.15. The lowest BCUT2D eigenvalue weighted by molar-refractivity contribution is 0.0607. The molecule has 1 aromatic heterocycles. The molecule has 1 fully saturated rings. The maximum atomic E-state index is 12.7. The van der Waals surface area contributed by atoms with Gasteiger partial charge in [-0.25, -0.2) is 0 Å². The zero-order valence-electron chi connectivity index (χ0n) is 13.0. The third-order valence-corrected chi connectivity index (χ3v) is 4.01. The first-order chi connectivity index (χ1) is 10.7. The summed E-state index contributed by atoms with van der Waals surface area (Å²) in [6, 6.07) is 1.91. The minimum absolute atomic E-state index is 0.0302. The van der Waals surface area contributed by atoms with Gasteiger partial charge in [0, 0.05) is 31.5 Å². The number of nitrogens with zero attached hydrogens (tertiary/aromatic N) is 2. The zero-order valence-corrected chi connectivity index (χ0v) is 13.0. The van der Waals surface area contributed by atoms with Gasteiger partial charge in [-0.05, 0) is 31.7 Å². The summed E-state index contributed by atoms with van der Waals surface area (Å²) in [6.07, 6.45) is 8.84. The van der Waals surface area contributed by atoms with E-state index in [0.717, 1.165) is 25.8 Å². The van der Waals surface area contributed by atoms with Crippen molar-refractivity contribution in [3.63, 3.8) is 0 Å². The molecule has 1 saturated heterocycles. The van der Waals surface area contributed by atoms with Crippen LogP contribution >= 0.6 is 0 Å². The van der Waals surface area contributed by atoms with Crippen LogP contribution in [0.5, 0.6) is 0 Å². The van der Waals surface area contributed by atoms with E-state index in [2.05, 4.69) is 23.8 Å². The fraction of sp³-hybridized carbons (Fsp3) is 0.471. The summed E-state index contributed by atoms with van der Waals surface area (Å²) in [6.45, 7) is 6.84. The molecule has 1 aromatic rings. The van der Waals surface area contributed by atoms with E-state index < -0.39 is 0 Å². The molecule has 22 heavy (non-hydrogen) atoms. The minimum atomic E-state index is -0.243. The molecule has 0 aromatic carbocycles. The second kappa shape index (κ2) is 7.73. The Bertz CT molecular complexity index is 557. The van der Waals surface area contributed by atoms with E-state index in [4.69, 9.17) is 0 Å². The topological polar surface area (TPSA) is 62.3 Å². The van der Waals surface area contributed by atoms with Crippen molar-refractivity contribution in [1.29, 1.82) is 0 Å². The lowest BCUT2D eigenvalue weighted by atomic mass is 9.99. The van der Waals surface area contributed by atoms with Crippen LogP contribution in [0.2, 0.25) is 0 Å². The van der Waals surface area contributed by atoms with Crippen LogP contribution in [0.1, 0.15) is 53.3 Å². The second-order valence-electron chi connectivity index (χ2n) is 5.52. The van der Waals surface area contributed by atoms with Crippen LogP contribution in [0.25, 0.3) is 0 Å². The van der Waals surface area contributed by atoms with Gasteiger partial charge in [-0.3, -0.25) is 14.6 Å². The fourth-order valence-corrected chi connectivity index (χ4v) is 2.81. The third-order valence-electron chi connectivity index (χ3n) is 4.01. The molecule has 0 saturated carbocycles. The molecule has 5 heteroatoms. The molecule has 0 radical (unpaired) electrons. The maximum Gasteiger partial charge on any atom is 0.255 e. The number of hydrogen-bond acceptors (Lipinski definition) is 3. The summed E-state index contributed by atoms with van der Waals surface area (Å²) in [4.78, 5) is 30.6. The van der Waals surface area contributed by atoms with Crippen molar-refractivity contribution in [1.82, 2.24) is 15.2 Å². The van der Waals surface area contributed by atoms with E-state index in [1.54, 1.807) is 12.1 Å². The molecule has 118 valence electrons. The molecule has 2 rings (SSSR count). The Morgan fingerprint density at radius 3 is 2.91 bits per heavy atom. The summed E-state index contributed by atoms with van der Waals surface area (Å²) >= 11 is 0. The Morgan fingerprint density at radius 2 is 2.18 bits per heavy atom. The Labute approximate surface area is 131 Å². The van der Waals surface area contributed by atoms with Crippen molar-refractivity contribution in [3.05, 3.63) is 42.2 Å². The van der Waals surface area contributed by atoms with Gasteiger partial charge >= 0.3 is 0 Å². The maximum absolute atomic E-state index is 12.7. The minimum Gasteiger partial charge on any atom is -0.349 e. The van der Waals surface area contributed by atoms with Gasteiger partial charge < -0.3 is 10.2 Å².